The number of hydrogen-bond donors (Lipinski definition) is 2. The summed E-state index contributed by atoms with van der Waals surface area (Å²) in [4.78, 5) is 24.2. The highest BCUT2D eigenvalue weighted by molar-refractivity contribution is 7.99. The molecule has 2 N–H and O–H groups in total. The third-order valence-electron chi connectivity index (χ3n) is 4.31. The molecule has 1 aromatic heterocycles. The molecule has 1 fully saturated rings. The van der Waals surface area contributed by atoms with Crippen molar-refractivity contribution in [2.24, 2.45) is 0 Å². The van der Waals surface area contributed by atoms with Gasteiger partial charge in [-0.2, -0.15) is 0 Å². The molecule has 2 heterocycles. The van der Waals surface area contributed by atoms with Gasteiger partial charge in [-0.1, -0.05) is 17.8 Å². The SMILES string of the molecule is COc1ccc(C)cc1NC(=O)CNC(=O)CSc1nnnn1C[C@@H]1CCCO1. The van der Waals surface area contributed by atoms with Gasteiger partial charge in [0.05, 0.1) is 37.7 Å². The number of tetrazole rings is 1. The first-order valence-corrected chi connectivity index (χ1v) is 10.3. The van der Waals surface area contributed by atoms with E-state index in [1.807, 2.05) is 19.1 Å². The summed E-state index contributed by atoms with van der Waals surface area (Å²) in [6.45, 7) is 3.10. The van der Waals surface area contributed by atoms with Gasteiger partial charge in [0, 0.05) is 6.61 Å². The number of thioether (sulfide) groups is 1. The number of benzene rings is 1. The van der Waals surface area contributed by atoms with E-state index in [0.717, 1.165) is 25.0 Å². The van der Waals surface area contributed by atoms with E-state index < -0.39 is 0 Å². The van der Waals surface area contributed by atoms with Crippen LogP contribution in [0.15, 0.2) is 23.4 Å². The van der Waals surface area contributed by atoms with Gasteiger partial charge < -0.3 is 20.1 Å². The van der Waals surface area contributed by atoms with E-state index in [1.165, 1.54) is 18.9 Å². The molecule has 1 aliphatic heterocycles. The normalized spacial score (nSPS) is 15.9. The van der Waals surface area contributed by atoms with E-state index in [0.29, 0.717) is 23.1 Å². The molecule has 3 rings (SSSR count). The largest absolute Gasteiger partial charge is 0.495 e. The molecule has 0 spiro atoms. The molecule has 0 aliphatic carbocycles. The summed E-state index contributed by atoms with van der Waals surface area (Å²) in [7, 11) is 1.53. The van der Waals surface area contributed by atoms with Crippen LogP contribution in [0.4, 0.5) is 5.69 Å². The van der Waals surface area contributed by atoms with Crippen LogP contribution in [0.3, 0.4) is 0 Å². The zero-order valence-corrected chi connectivity index (χ0v) is 17.2. The quantitative estimate of drug-likeness (QED) is 0.577. The number of nitrogens with one attached hydrogen (secondary N) is 2. The first kappa shape index (κ1) is 21.1. The van der Waals surface area contributed by atoms with E-state index >= 15 is 0 Å². The Labute approximate surface area is 172 Å². The highest BCUT2D eigenvalue weighted by Gasteiger charge is 2.19. The van der Waals surface area contributed by atoms with Crippen molar-refractivity contribution in [2.45, 2.75) is 37.6 Å². The van der Waals surface area contributed by atoms with Crippen molar-refractivity contribution < 1.29 is 19.1 Å². The van der Waals surface area contributed by atoms with Gasteiger partial charge in [-0.15, -0.1) is 5.10 Å². The fourth-order valence-electron chi connectivity index (χ4n) is 2.87. The van der Waals surface area contributed by atoms with Crippen LogP contribution in [0, 0.1) is 6.92 Å². The number of aryl methyl sites for hydroxylation is 1. The zero-order valence-electron chi connectivity index (χ0n) is 16.4. The fraction of sp³-hybridized carbons (Fsp3) is 0.500. The maximum atomic E-state index is 12.1. The summed E-state index contributed by atoms with van der Waals surface area (Å²) in [5.74, 6) is 0.0415. The lowest BCUT2D eigenvalue weighted by atomic mass is 10.2. The Morgan fingerprint density at radius 3 is 3.00 bits per heavy atom. The Bertz CT molecular complexity index is 853. The number of rotatable bonds is 9. The first-order valence-electron chi connectivity index (χ1n) is 9.27. The number of nitrogens with zero attached hydrogens (tertiary/aromatic N) is 4. The fourth-order valence-corrected chi connectivity index (χ4v) is 3.59. The van der Waals surface area contributed by atoms with Crippen molar-refractivity contribution in [3.05, 3.63) is 23.8 Å². The molecule has 1 saturated heterocycles. The lowest BCUT2D eigenvalue weighted by Gasteiger charge is -2.11. The molecule has 0 radical (unpaired) electrons. The summed E-state index contributed by atoms with van der Waals surface area (Å²) in [6.07, 6.45) is 2.12. The topological polar surface area (TPSA) is 120 Å². The molecule has 2 amide bonds. The van der Waals surface area contributed by atoms with E-state index in [4.69, 9.17) is 9.47 Å². The predicted octanol–water partition coefficient (Wildman–Crippen LogP) is 1.02. The van der Waals surface area contributed by atoms with Crippen molar-refractivity contribution in [2.75, 3.05) is 31.3 Å². The highest BCUT2D eigenvalue weighted by atomic mass is 32.2. The number of amides is 2. The van der Waals surface area contributed by atoms with Gasteiger partial charge in [-0.05, 0) is 47.9 Å². The minimum Gasteiger partial charge on any atom is -0.495 e. The van der Waals surface area contributed by atoms with Crippen molar-refractivity contribution in [3.8, 4) is 5.75 Å². The highest BCUT2D eigenvalue weighted by Crippen LogP contribution is 2.25. The van der Waals surface area contributed by atoms with Crippen molar-refractivity contribution in [1.29, 1.82) is 0 Å². The molecule has 156 valence electrons. The summed E-state index contributed by atoms with van der Waals surface area (Å²) in [6, 6.07) is 5.48. The van der Waals surface area contributed by atoms with E-state index in [1.54, 1.807) is 10.7 Å². The molecular weight excluding hydrogens is 396 g/mol. The van der Waals surface area contributed by atoms with Crippen LogP contribution in [-0.2, 0) is 20.9 Å². The average Bonchev–Trinajstić information content (AvgIpc) is 3.37. The molecule has 11 heteroatoms. The lowest BCUT2D eigenvalue weighted by molar-refractivity contribution is -0.122. The van der Waals surface area contributed by atoms with Gasteiger partial charge in [0.25, 0.3) is 0 Å². The van der Waals surface area contributed by atoms with Crippen LogP contribution >= 0.6 is 11.8 Å². The lowest BCUT2D eigenvalue weighted by Crippen LogP contribution is -2.34. The molecular formula is C18H24N6O4S. The summed E-state index contributed by atoms with van der Waals surface area (Å²) in [5.41, 5.74) is 1.55. The second-order valence-electron chi connectivity index (χ2n) is 6.60. The third-order valence-corrected chi connectivity index (χ3v) is 5.26. The van der Waals surface area contributed by atoms with Crippen molar-refractivity contribution in [3.63, 3.8) is 0 Å². The minimum absolute atomic E-state index is 0.104. The van der Waals surface area contributed by atoms with Crippen LogP contribution in [0.5, 0.6) is 5.75 Å². The molecule has 0 unspecified atom stereocenters. The molecule has 0 bridgehead atoms. The predicted molar refractivity (Wildman–Crippen MR) is 107 cm³/mol. The Balaban J connectivity index is 1.43. The molecule has 0 saturated carbocycles. The van der Waals surface area contributed by atoms with Crippen LogP contribution in [-0.4, -0.2) is 64.1 Å². The number of aromatic nitrogens is 4. The van der Waals surface area contributed by atoms with Gasteiger partial charge in [0.1, 0.15) is 5.75 Å². The van der Waals surface area contributed by atoms with E-state index in [9.17, 15) is 9.59 Å². The Hall–Kier alpha value is -2.66. The standard InChI is InChI=1S/C18H24N6O4S/c1-12-5-6-15(27-2)14(8-12)20-16(25)9-19-17(26)11-29-18-21-22-23-24(18)10-13-4-3-7-28-13/h5-6,8,13H,3-4,7,9-11H2,1-2H3,(H,19,26)(H,20,25)/t13-/m0/s1. The molecule has 1 aliphatic rings. The van der Waals surface area contributed by atoms with Gasteiger partial charge >= 0.3 is 0 Å². The summed E-state index contributed by atoms with van der Waals surface area (Å²) < 4.78 is 12.5. The Kier molecular flexibility index (Phi) is 7.42. The van der Waals surface area contributed by atoms with Crippen LogP contribution < -0.4 is 15.4 Å². The minimum atomic E-state index is -0.338. The number of carbonyl (C=O) groups is 2. The first-order chi connectivity index (χ1) is 14.0. The maximum absolute atomic E-state index is 12.1. The van der Waals surface area contributed by atoms with Crippen LogP contribution in [0.2, 0.25) is 0 Å². The zero-order chi connectivity index (χ0) is 20.6. The monoisotopic (exact) mass is 420 g/mol. The molecule has 2 aromatic rings. The molecule has 10 nitrogen and oxygen atoms in total. The van der Waals surface area contributed by atoms with E-state index in [-0.39, 0.29) is 30.2 Å². The number of carbonyl (C=O) groups excluding carboxylic acids is 2. The van der Waals surface area contributed by atoms with Gasteiger partial charge in [-0.3, -0.25) is 9.59 Å². The number of ether oxygens (including phenoxy) is 2. The van der Waals surface area contributed by atoms with Gasteiger partial charge in [0.2, 0.25) is 17.0 Å². The third kappa shape index (κ3) is 6.16. The van der Waals surface area contributed by atoms with Gasteiger partial charge in [0.15, 0.2) is 0 Å². The van der Waals surface area contributed by atoms with E-state index in [2.05, 4.69) is 26.2 Å². The van der Waals surface area contributed by atoms with Crippen LogP contribution in [0.1, 0.15) is 18.4 Å². The van der Waals surface area contributed by atoms with Crippen molar-refractivity contribution >= 4 is 29.3 Å². The van der Waals surface area contributed by atoms with Crippen molar-refractivity contribution in [1.82, 2.24) is 25.5 Å². The number of anilines is 1. The van der Waals surface area contributed by atoms with Crippen LogP contribution in [0.25, 0.3) is 0 Å². The Morgan fingerprint density at radius 2 is 2.24 bits per heavy atom. The smallest absolute Gasteiger partial charge is 0.243 e. The number of methoxy groups -OCH3 is 1. The molecule has 29 heavy (non-hydrogen) atoms. The van der Waals surface area contributed by atoms with Gasteiger partial charge in [-0.25, -0.2) is 4.68 Å². The Morgan fingerprint density at radius 1 is 1.38 bits per heavy atom. The summed E-state index contributed by atoms with van der Waals surface area (Å²) in [5, 5.41) is 17.4. The molecule has 1 aromatic carbocycles. The molecule has 1 atom stereocenters. The second kappa shape index (κ2) is 10.2. The maximum Gasteiger partial charge on any atom is 0.243 e. The number of hydrogen-bond acceptors (Lipinski definition) is 8. The second-order valence-corrected chi connectivity index (χ2v) is 7.54. The summed E-state index contributed by atoms with van der Waals surface area (Å²) >= 11 is 1.22. The average molecular weight is 420 g/mol.